The predicted molar refractivity (Wildman–Crippen MR) is 74.3 cm³/mol. The summed E-state index contributed by atoms with van der Waals surface area (Å²) in [5.74, 6) is 0.464. The summed E-state index contributed by atoms with van der Waals surface area (Å²) in [6.07, 6.45) is 3.55. The Bertz CT molecular complexity index is 564. The fourth-order valence-corrected chi connectivity index (χ4v) is 1.66. The van der Waals surface area contributed by atoms with E-state index in [0.717, 1.165) is 5.56 Å². The molecule has 0 saturated carbocycles. The van der Waals surface area contributed by atoms with Crippen LogP contribution in [0.5, 0.6) is 5.75 Å². The van der Waals surface area contributed by atoms with E-state index in [-0.39, 0.29) is 12.6 Å². The van der Waals surface area contributed by atoms with Crippen molar-refractivity contribution in [2.24, 2.45) is 0 Å². The van der Waals surface area contributed by atoms with Crippen LogP contribution in [0.25, 0.3) is 12.2 Å². The van der Waals surface area contributed by atoms with E-state index in [0.29, 0.717) is 11.3 Å². The molecule has 3 heteroatoms. The summed E-state index contributed by atoms with van der Waals surface area (Å²) in [6.45, 7) is 0.185. The first kappa shape index (κ1) is 13.3. The van der Waals surface area contributed by atoms with E-state index in [4.69, 9.17) is 9.47 Å². The Morgan fingerprint density at radius 1 is 0.947 bits per heavy atom. The zero-order valence-electron chi connectivity index (χ0n) is 10.7. The Kier molecular flexibility index (Phi) is 4.70. The molecule has 0 fully saturated rings. The molecule has 0 aliphatic heterocycles. The molecule has 0 bridgehead atoms. The van der Waals surface area contributed by atoms with Crippen molar-refractivity contribution in [2.45, 2.75) is 0 Å². The molecular formula is C16H15FO2. The van der Waals surface area contributed by atoms with Crippen LogP contribution in [0.2, 0.25) is 0 Å². The van der Waals surface area contributed by atoms with Crippen LogP contribution in [0.3, 0.4) is 0 Å². The minimum absolute atomic E-state index is 0.185. The Morgan fingerprint density at radius 2 is 1.58 bits per heavy atom. The van der Waals surface area contributed by atoms with Crippen molar-refractivity contribution in [2.75, 3.05) is 13.9 Å². The summed E-state index contributed by atoms with van der Waals surface area (Å²) in [4.78, 5) is 0. The zero-order chi connectivity index (χ0) is 13.5. The SMILES string of the molecule is COCOc1ccccc1/C=C/c1ccccc1F. The van der Waals surface area contributed by atoms with Gasteiger partial charge in [0, 0.05) is 18.2 Å². The van der Waals surface area contributed by atoms with Gasteiger partial charge in [0.2, 0.25) is 0 Å². The smallest absolute Gasteiger partial charge is 0.188 e. The fraction of sp³-hybridized carbons (Fsp3) is 0.125. The molecule has 98 valence electrons. The highest BCUT2D eigenvalue weighted by Gasteiger charge is 2.00. The highest BCUT2D eigenvalue weighted by Crippen LogP contribution is 2.21. The van der Waals surface area contributed by atoms with E-state index in [9.17, 15) is 4.39 Å². The molecule has 0 radical (unpaired) electrons. The highest BCUT2D eigenvalue weighted by atomic mass is 19.1. The molecule has 0 unspecified atom stereocenters. The maximum absolute atomic E-state index is 13.5. The lowest BCUT2D eigenvalue weighted by molar-refractivity contribution is 0.0510. The number of para-hydroxylation sites is 1. The van der Waals surface area contributed by atoms with Gasteiger partial charge in [-0.15, -0.1) is 0 Å². The normalized spacial score (nSPS) is 10.8. The van der Waals surface area contributed by atoms with Crippen molar-refractivity contribution in [3.63, 3.8) is 0 Å². The van der Waals surface area contributed by atoms with Crippen molar-refractivity contribution in [1.29, 1.82) is 0 Å². The van der Waals surface area contributed by atoms with Crippen LogP contribution in [-0.4, -0.2) is 13.9 Å². The van der Waals surface area contributed by atoms with Crippen LogP contribution in [-0.2, 0) is 4.74 Å². The Labute approximate surface area is 112 Å². The van der Waals surface area contributed by atoms with Crippen LogP contribution < -0.4 is 4.74 Å². The van der Waals surface area contributed by atoms with Gasteiger partial charge in [-0.05, 0) is 12.1 Å². The van der Waals surface area contributed by atoms with Crippen LogP contribution in [0.1, 0.15) is 11.1 Å². The van der Waals surface area contributed by atoms with Crippen LogP contribution in [0.15, 0.2) is 48.5 Å². The molecule has 0 saturated heterocycles. The van der Waals surface area contributed by atoms with E-state index in [1.807, 2.05) is 30.3 Å². The number of hydrogen-bond acceptors (Lipinski definition) is 2. The van der Waals surface area contributed by atoms with Crippen molar-refractivity contribution in [3.8, 4) is 5.75 Å². The predicted octanol–water partition coefficient (Wildman–Crippen LogP) is 3.98. The average Bonchev–Trinajstić information content (AvgIpc) is 2.45. The lowest BCUT2D eigenvalue weighted by Gasteiger charge is -2.07. The quantitative estimate of drug-likeness (QED) is 0.596. The summed E-state index contributed by atoms with van der Waals surface area (Å²) in [7, 11) is 1.57. The molecule has 0 aromatic heterocycles. The Hall–Kier alpha value is -2.13. The number of rotatable bonds is 5. The molecule has 2 nitrogen and oxygen atoms in total. The monoisotopic (exact) mass is 258 g/mol. The maximum atomic E-state index is 13.5. The van der Waals surface area contributed by atoms with Gasteiger partial charge < -0.3 is 9.47 Å². The van der Waals surface area contributed by atoms with Gasteiger partial charge in [-0.2, -0.15) is 0 Å². The summed E-state index contributed by atoms with van der Waals surface area (Å²) >= 11 is 0. The minimum Gasteiger partial charge on any atom is -0.467 e. The van der Waals surface area contributed by atoms with Gasteiger partial charge in [-0.25, -0.2) is 4.39 Å². The van der Waals surface area contributed by atoms with Crippen molar-refractivity contribution >= 4 is 12.2 Å². The van der Waals surface area contributed by atoms with Crippen molar-refractivity contribution < 1.29 is 13.9 Å². The molecular weight excluding hydrogens is 243 g/mol. The molecule has 0 aliphatic carbocycles. The highest BCUT2D eigenvalue weighted by molar-refractivity contribution is 5.72. The molecule has 2 rings (SSSR count). The minimum atomic E-state index is -0.242. The van der Waals surface area contributed by atoms with Crippen molar-refractivity contribution in [3.05, 3.63) is 65.5 Å². The van der Waals surface area contributed by atoms with Crippen molar-refractivity contribution in [1.82, 2.24) is 0 Å². The third-order valence-corrected chi connectivity index (χ3v) is 2.60. The summed E-state index contributed by atoms with van der Waals surface area (Å²) in [5.41, 5.74) is 1.42. The zero-order valence-corrected chi connectivity index (χ0v) is 10.7. The number of benzene rings is 2. The number of methoxy groups -OCH3 is 1. The number of halogens is 1. The topological polar surface area (TPSA) is 18.5 Å². The molecule has 0 spiro atoms. The Morgan fingerprint density at radius 3 is 2.32 bits per heavy atom. The molecule has 0 heterocycles. The molecule has 2 aromatic carbocycles. The van der Waals surface area contributed by atoms with Gasteiger partial charge in [0.05, 0.1) is 0 Å². The first-order valence-corrected chi connectivity index (χ1v) is 5.94. The lowest BCUT2D eigenvalue weighted by atomic mass is 10.1. The van der Waals surface area contributed by atoms with Gasteiger partial charge in [0.15, 0.2) is 6.79 Å². The van der Waals surface area contributed by atoms with E-state index in [1.165, 1.54) is 6.07 Å². The van der Waals surface area contributed by atoms with E-state index >= 15 is 0 Å². The van der Waals surface area contributed by atoms with Gasteiger partial charge in [-0.1, -0.05) is 48.6 Å². The van der Waals surface area contributed by atoms with Crippen LogP contribution in [0, 0.1) is 5.82 Å². The second-order valence-corrected chi connectivity index (χ2v) is 3.94. The Balaban J connectivity index is 2.21. The van der Waals surface area contributed by atoms with E-state index < -0.39 is 0 Å². The first-order chi connectivity index (χ1) is 9.31. The first-order valence-electron chi connectivity index (χ1n) is 5.94. The lowest BCUT2D eigenvalue weighted by Crippen LogP contribution is -1.99. The standard InChI is InChI=1S/C16H15FO2/c1-18-12-19-16-9-5-3-7-14(16)11-10-13-6-2-4-8-15(13)17/h2-11H,12H2,1H3/b11-10+. The van der Waals surface area contributed by atoms with Gasteiger partial charge in [0.1, 0.15) is 11.6 Å². The van der Waals surface area contributed by atoms with Gasteiger partial charge in [-0.3, -0.25) is 0 Å². The maximum Gasteiger partial charge on any atom is 0.188 e. The van der Waals surface area contributed by atoms with E-state index in [2.05, 4.69) is 0 Å². The fourth-order valence-electron chi connectivity index (χ4n) is 1.66. The van der Waals surface area contributed by atoms with Crippen LogP contribution >= 0.6 is 0 Å². The number of ether oxygens (including phenoxy) is 2. The second-order valence-electron chi connectivity index (χ2n) is 3.94. The van der Waals surface area contributed by atoms with Gasteiger partial charge in [0.25, 0.3) is 0 Å². The molecule has 0 atom stereocenters. The molecule has 0 N–H and O–H groups in total. The third kappa shape index (κ3) is 3.66. The molecule has 0 aliphatic rings. The number of hydrogen-bond donors (Lipinski definition) is 0. The molecule has 2 aromatic rings. The average molecular weight is 258 g/mol. The third-order valence-electron chi connectivity index (χ3n) is 2.60. The second kappa shape index (κ2) is 6.71. The summed E-state index contributed by atoms with van der Waals surface area (Å²) in [5, 5.41) is 0. The molecule has 19 heavy (non-hydrogen) atoms. The summed E-state index contributed by atoms with van der Waals surface area (Å²) in [6, 6.07) is 14.2. The summed E-state index contributed by atoms with van der Waals surface area (Å²) < 4.78 is 23.8. The van der Waals surface area contributed by atoms with Crippen LogP contribution in [0.4, 0.5) is 4.39 Å². The largest absolute Gasteiger partial charge is 0.467 e. The molecule has 0 amide bonds. The van der Waals surface area contributed by atoms with Gasteiger partial charge >= 0.3 is 0 Å². The van der Waals surface area contributed by atoms with E-state index in [1.54, 1.807) is 31.4 Å².